The molecule has 0 aromatic heterocycles. The van der Waals surface area contributed by atoms with Crippen LogP contribution < -0.4 is 4.74 Å². The number of Topliss-reactive ketones (excluding diaryl/α,β-unsaturated/α-hetero) is 1. The normalized spacial score (nSPS) is 19.8. The van der Waals surface area contributed by atoms with Gasteiger partial charge in [0.2, 0.25) is 0 Å². The topological polar surface area (TPSA) is 59.1 Å². The highest BCUT2D eigenvalue weighted by atomic mass is 16.5. The maximum Gasteiger partial charge on any atom is 0.306 e. The second kappa shape index (κ2) is 20.8. The number of rotatable bonds is 22. The molecule has 0 N–H and O–H groups in total. The molecule has 2 heterocycles. The van der Waals surface area contributed by atoms with Gasteiger partial charge in [-0.1, -0.05) is 79.6 Å². The van der Waals surface area contributed by atoms with E-state index in [-0.39, 0.29) is 30.2 Å². The van der Waals surface area contributed by atoms with Crippen LogP contribution in [0.3, 0.4) is 0 Å². The molecule has 2 aliphatic rings. The molecular weight excluding hydrogens is 608 g/mol. The molecule has 6 nitrogen and oxygen atoms in total. The molecule has 3 unspecified atom stereocenters. The second-order valence-corrected chi connectivity index (χ2v) is 16.7. The van der Waals surface area contributed by atoms with Crippen LogP contribution in [-0.2, 0) is 27.2 Å². The van der Waals surface area contributed by atoms with Gasteiger partial charge in [-0.25, -0.2) is 0 Å². The van der Waals surface area contributed by atoms with Gasteiger partial charge in [-0.3, -0.25) is 14.5 Å². The van der Waals surface area contributed by atoms with Gasteiger partial charge >= 0.3 is 5.97 Å². The molecular formula is C43H74N2O4. The smallest absolute Gasteiger partial charge is 0.306 e. The number of carbonyl (C=O) groups excluding carboxylic acids is 2. The lowest BCUT2D eigenvalue weighted by atomic mass is 9.81. The molecule has 1 aromatic carbocycles. The van der Waals surface area contributed by atoms with E-state index in [2.05, 4.69) is 72.1 Å². The molecule has 0 radical (unpaired) electrons. The number of piperazine rings is 1. The van der Waals surface area contributed by atoms with E-state index in [1.165, 1.54) is 74.5 Å². The largest absolute Gasteiger partial charge is 0.487 e. The van der Waals surface area contributed by atoms with E-state index < -0.39 is 0 Å². The summed E-state index contributed by atoms with van der Waals surface area (Å²) in [6.07, 6.45) is 15.7. The van der Waals surface area contributed by atoms with E-state index in [4.69, 9.17) is 9.47 Å². The molecule has 0 saturated carbocycles. The number of fused-ring (bicyclic) bond motifs is 1. The number of hydrogen-bond acceptors (Lipinski definition) is 6. The van der Waals surface area contributed by atoms with Crippen LogP contribution in [0.2, 0.25) is 0 Å². The third-order valence-electron chi connectivity index (χ3n) is 11.7. The number of benzene rings is 1. The maximum atomic E-state index is 13.1. The van der Waals surface area contributed by atoms with Crippen molar-refractivity contribution >= 4 is 11.8 Å². The highest BCUT2D eigenvalue weighted by molar-refractivity contribution is 5.85. The number of esters is 1. The van der Waals surface area contributed by atoms with Crippen LogP contribution in [0.5, 0.6) is 5.75 Å². The summed E-state index contributed by atoms with van der Waals surface area (Å²) in [5.41, 5.74) is 5.77. The summed E-state index contributed by atoms with van der Waals surface area (Å²) in [4.78, 5) is 30.4. The minimum Gasteiger partial charge on any atom is -0.487 e. The Balaban J connectivity index is 1.40. The zero-order valence-electron chi connectivity index (χ0n) is 33.3. The summed E-state index contributed by atoms with van der Waals surface area (Å²) in [5.74, 6) is 3.34. The van der Waals surface area contributed by atoms with Crippen molar-refractivity contribution in [2.45, 2.75) is 164 Å². The van der Waals surface area contributed by atoms with Crippen molar-refractivity contribution in [2.24, 2.45) is 17.8 Å². The zero-order chi connectivity index (χ0) is 36.0. The minimum atomic E-state index is -0.266. The SMILES string of the molecule is CCCN1CCN(CCOC(=O)CCC(=O)Cc2c(C)c(C)c3c(c2C)CCC(C)(CCCC(C)CCCC(C)CCCC(C)C)O3)CC1. The molecule has 3 atom stereocenters. The highest BCUT2D eigenvalue weighted by Crippen LogP contribution is 2.43. The Morgan fingerprint density at radius 1 is 0.796 bits per heavy atom. The van der Waals surface area contributed by atoms with Gasteiger partial charge in [0.15, 0.2) is 0 Å². The molecule has 6 heteroatoms. The van der Waals surface area contributed by atoms with Crippen molar-refractivity contribution in [3.63, 3.8) is 0 Å². The Morgan fingerprint density at radius 2 is 1.39 bits per heavy atom. The first kappa shape index (κ1) is 41.5. The molecule has 2 aliphatic heterocycles. The lowest BCUT2D eigenvalue weighted by molar-refractivity contribution is -0.145. The molecule has 280 valence electrons. The van der Waals surface area contributed by atoms with Crippen molar-refractivity contribution in [2.75, 3.05) is 45.9 Å². The van der Waals surface area contributed by atoms with Crippen LogP contribution in [0.25, 0.3) is 0 Å². The lowest BCUT2D eigenvalue weighted by Crippen LogP contribution is -2.47. The number of ether oxygens (including phenoxy) is 2. The second-order valence-electron chi connectivity index (χ2n) is 16.7. The molecule has 0 spiro atoms. The third kappa shape index (κ3) is 14.0. The Labute approximate surface area is 301 Å². The monoisotopic (exact) mass is 683 g/mol. The van der Waals surface area contributed by atoms with Crippen LogP contribution in [-0.4, -0.2) is 73.0 Å². The summed E-state index contributed by atoms with van der Waals surface area (Å²) in [7, 11) is 0. The van der Waals surface area contributed by atoms with Crippen LogP contribution in [0.15, 0.2) is 0 Å². The van der Waals surface area contributed by atoms with Crippen molar-refractivity contribution in [1.29, 1.82) is 0 Å². The molecule has 0 aliphatic carbocycles. The average Bonchev–Trinajstić information content (AvgIpc) is 3.05. The van der Waals surface area contributed by atoms with Crippen LogP contribution >= 0.6 is 0 Å². The number of nitrogens with zero attached hydrogens (tertiary/aromatic N) is 2. The van der Waals surface area contributed by atoms with E-state index in [9.17, 15) is 9.59 Å². The Kier molecular flexibility index (Phi) is 17.6. The van der Waals surface area contributed by atoms with E-state index in [1.54, 1.807) is 0 Å². The summed E-state index contributed by atoms with van der Waals surface area (Å²) < 4.78 is 12.3. The summed E-state index contributed by atoms with van der Waals surface area (Å²) in [6, 6.07) is 0. The fraction of sp³-hybridized carbons (Fsp3) is 0.814. The van der Waals surface area contributed by atoms with E-state index >= 15 is 0 Å². The van der Waals surface area contributed by atoms with E-state index in [1.807, 2.05) is 0 Å². The van der Waals surface area contributed by atoms with Gasteiger partial charge in [0, 0.05) is 45.6 Å². The molecule has 49 heavy (non-hydrogen) atoms. The lowest BCUT2D eigenvalue weighted by Gasteiger charge is -2.38. The van der Waals surface area contributed by atoms with E-state index in [0.717, 1.165) is 93.2 Å². The number of hydrogen-bond donors (Lipinski definition) is 0. The average molecular weight is 683 g/mol. The standard InChI is InChI=1S/C43H74N2O4/c1-10-24-44-25-27-45(28-26-44)29-30-48-41(47)20-19-38(46)31-40-35(6)36(7)42-39(37(40)8)21-23-43(9,49-42)22-13-18-34(5)17-12-16-33(4)15-11-14-32(2)3/h32-34H,10-31H2,1-9H3. The van der Waals surface area contributed by atoms with Crippen LogP contribution in [0.4, 0.5) is 0 Å². The van der Waals surface area contributed by atoms with Crippen molar-refractivity contribution < 1.29 is 19.1 Å². The summed E-state index contributed by atoms with van der Waals surface area (Å²) >= 11 is 0. The zero-order valence-corrected chi connectivity index (χ0v) is 33.3. The maximum absolute atomic E-state index is 13.1. The van der Waals surface area contributed by atoms with Crippen LogP contribution in [0, 0.1) is 38.5 Å². The van der Waals surface area contributed by atoms with Gasteiger partial charge < -0.3 is 14.4 Å². The van der Waals surface area contributed by atoms with Crippen molar-refractivity contribution in [1.82, 2.24) is 9.80 Å². The Hall–Kier alpha value is -1.92. The molecule has 1 saturated heterocycles. The fourth-order valence-corrected chi connectivity index (χ4v) is 8.07. The first-order valence-electron chi connectivity index (χ1n) is 20.2. The number of carbonyl (C=O) groups is 2. The fourth-order valence-electron chi connectivity index (χ4n) is 8.07. The highest BCUT2D eigenvalue weighted by Gasteiger charge is 2.34. The molecule has 3 rings (SSSR count). The van der Waals surface area contributed by atoms with Gasteiger partial charge in [-0.15, -0.1) is 0 Å². The number of ketones is 1. The van der Waals surface area contributed by atoms with Crippen LogP contribution in [0.1, 0.15) is 153 Å². The summed E-state index contributed by atoms with van der Waals surface area (Å²) in [6.45, 7) is 27.0. The van der Waals surface area contributed by atoms with Gasteiger partial charge in [0.05, 0.1) is 6.42 Å². The van der Waals surface area contributed by atoms with Crippen molar-refractivity contribution in [3.05, 3.63) is 27.8 Å². The summed E-state index contributed by atoms with van der Waals surface area (Å²) in [5, 5.41) is 0. The molecule has 1 aromatic rings. The van der Waals surface area contributed by atoms with Gasteiger partial charge in [-0.05, 0) is 112 Å². The van der Waals surface area contributed by atoms with E-state index in [0.29, 0.717) is 13.0 Å². The van der Waals surface area contributed by atoms with Gasteiger partial charge in [0.25, 0.3) is 0 Å². The first-order chi connectivity index (χ1) is 23.3. The quantitative estimate of drug-likeness (QED) is 0.114. The molecule has 0 bridgehead atoms. The Morgan fingerprint density at radius 3 is 2.00 bits per heavy atom. The minimum absolute atomic E-state index is 0.103. The van der Waals surface area contributed by atoms with Crippen molar-refractivity contribution in [3.8, 4) is 5.75 Å². The first-order valence-corrected chi connectivity index (χ1v) is 20.2. The molecule has 0 amide bonds. The third-order valence-corrected chi connectivity index (χ3v) is 11.7. The predicted molar refractivity (Wildman–Crippen MR) is 205 cm³/mol. The van der Waals surface area contributed by atoms with Gasteiger partial charge in [0.1, 0.15) is 23.7 Å². The Bertz CT molecular complexity index is 1170. The predicted octanol–water partition coefficient (Wildman–Crippen LogP) is 9.60. The van der Waals surface area contributed by atoms with Gasteiger partial charge in [-0.2, -0.15) is 0 Å². The molecule has 1 fully saturated rings.